The number of carbonyl (C=O) groups excluding carboxylic acids is 6. The molecule has 518 valence electrons. The number of hydrogen-bond donors (Lipinski definition) is 1. The molecule has 0 spiro atoms. The van der Waals surface area contributed by atoms with Crippen molar-refractivity contribution in [2.75, 3.05) is 46.7 Å². The number of hydrogen-bond acceptors (Lipinski definition) is 19. The maximum absolute atomic E-state index is 11.2. The Morgan fingerprint density at radius 1 is 0.484 bits per heavy atom. The molecule has 4 unspecified atom stereocenters. The van der Waals surface area contributed by atoms with Gasteiger partial charge in [0.15, 0.2) is 51.2 Å². The van der Waals surface area contributed by atoms with E-state index in [1.54, 1.807) is 97.9 Å². The number of ether oxygens (including phenoxy) is 6. The Balaban J connectivity index is -0.000000154. The molecule has 26 nitrogen and oxygen atoms in total. The van der Waals surface area contributed by atoms with E-state index in [9.17, 15) is 28.8 Å². The molecule has 0 aliphatic rings. The summed E-state index contributed by atoms with van der Waals surface area (Å²) in [7, 11) is 1.71. The van der Waals surface area contributed by atoms with Crippen molar-refractivity contribution in [1.82, 2.24) is 64.0 Å². The number of nitrogens with zero attached hydrogens (tertiary/aromatic N) is 12. The first-order chi connectivity index (χ1) is 44.8. The van der Waals surface area contributed by atoms with Gasteiger partial charge in [-0.05, 0) is 47.6 Å². The molecule has 0 aromatic carbocycles. The average molecular weight is 1390 g/mol. The van der Waals surface area contributed by atoms with Crippen LogP contribution in [0.1, 0.15) is 174 Å². The van der Waals surface area contributed by atoms with Crippen LogP contribution in [0.5, 0.6) is 35.3 Å². The van der Waals surface area contributed by atoms with Crippen molar-refractivity contribution in [3.63, 3.8) is 0 Å². The summed E-state index contributed by atoms with van der Waals surface area (Å²) >= 11 is 0. The number of Topliss-reactive ketones (excluding diaryl/α,β-unsaturated/α-hetero) is 3. The molecule has 0 fully saturated rings. The Kier molecular flexibility index (Phi) is 74.6. The van der Waals surface area contributed by atoms with Crippen LogP contribution in [0.3, 0.4) is 0 Å². The Morgan fingerprint density at radius 2 is 0.789 bits per heavy atom. The van der Waals surface area contributed by atoms with E-state index in [4.69, 9.17) is 67.0 Å². The Hall–Kier alpha value is -8.99. The molecule has 0 saturated heterocycles. The molecule has 0 radical (unpaired) electrons. The van der Waals surface area contributed by atoms with Gasteiger partial charge in [0.2, 0.25) is 47.1 Å². The molecule has 4 atom stereocenters. The second-order valence-electron chi connectivity index (χ2n) is 15.8. The van der Waals surface area contributed by atoms with Gasteiger partial charge < -0.3 is 48.4 Å². The average Bonchev–Trinajstić information content (AvgIpc) is 1.87. The first-order valence-electron chi connectivity index (χ1n) is 30.0. The summed E-state index contributed by atoms with van der Waals surface area (Å²) in [5.41, 5.74) is 0. The van der Waals surface area contributed by atoms with Gasteiger partial charge in [0.1, 0.15) is 24.0 Å². The molecule has 0 aliphatic heterocycles. The van der Waals surface area contributed by atoms with Crippen molar-refractivity contribution in [3.8, 4) is 109 Å². The maximum Gasteiger partial charge on any atom is 1.00 e. The third kappa shape index (κ3) is 45.1. The SMILES string of the molecule is C#CCOc1ccn[nH]1.C#CCOc1ccnn1C(C)=O.C#CCOc1ccnn1C(C)C(C)=O.C#CCOc1ccnn1C(C)C(C)=O.C#CCOc1ccnn1C(C)N(C)C(C)=O.C#CCOc1ccnn1C([C-]=O)CC(C)=O.CC.CC.CC.CC.CC.CC.[OH-].[Rb+]. The molecule has 6 rings (SSSR count). The van der Waals surface area contributed by atoms with Gasteiger partial charge in [-0.3, -0.25) is 23.9 Å². The third-order valence-electron chi connectivity index (χ3n) is 9.98. The summed E-state index contributed by atoms with van der Waals surface area (Å²) in [6.45, 7) is 37.7. The number of terminal acetylenes is 6. The van der Waals surface area contributed by atoms with Crippen molar-refractivity contribution in [3.05, 3.63) is 73.6 Å². The van der Waals surface area contributed by atoms with Crippen molar-refractivity contribution in [2.24, 2.45) is 0 Å². The van der Waals surface area contributed by atoms with Gasteiger partial charge in [0.05, 0.1) is 37.2 Å². The molecule has 6 aromatic rings. The largest absolute Gasteiger partial charge is 1.00 e. The molecule has 27 heteroatoms. The van der Waals surface area contributed by atoms with Crippen LogP contribution in [-0.4, -0.2) is 152 Å². The zero-order chi connectivity index (χ0) is 72.7. The molecule has 2 N–H and O–H groups in total. The van der Waals surface area contributed by atoms with Gasteiger partial charge in [0.25, 0.3) is 0 Å². The molecule has 0 saturated carbocycles. The number of H-pyrrole nitrogens is 1. The van der Waals surface area contributed by atoms with Crippen molar-refractivity contribution < 1.29 is 121 Å². The topological polar surface area (TPSA) is 309 Å². The molecule has 1 amide bonds. The summed E-state index contributed by atoms with van der Waals surface area (Å²) < 4.78 is 37.9. The molecule has 6 aromatic heterocycles. The number of carbonyl (C=O) groups is 5. The smallest absolute Gasteiger partial charge is 0.870 e. The quantitative estimate of drug-likeness (QED) is 0.0509. The van der Waals surface area contributed by atoms with Crippen LogP contribution < -0.4 is 86.6 Å². The van der Waals surface area contributed by atoms with Crippen LogP contribution in [0.2, 0.25) is 0 Å². The van der Waals surface area contributed by atoms with E-state index in [1.165, 1.54) is 61.1 Å². The standard InChI is InChI=1S/C11H15N3O2.C11H11N2O3.2C10H12N2O2.C8H8N2O2.C6H6N2O.6C2H6.H2O.Rb/c1-5-8-16-11-6-7-12-14(11)9(2)13(4)10(3)15;1-3-6-16-11-4-5-12-13(11)10(8-14)7-9(2)15;2*1-4-7-14-10-5-6-11-12(10)8(2)9(3)13;1-3-6-12-8-4-5-9-10(8)7(2)11;1-2-5-9-6-3-4-7-8-6;6*1-2;;/h1,6-7,9H,8H2,2-4H3;1,4-5,10H,6-7H2,2H3;2*1,5-6,8H,7H2,2-3H3;1,4-5H,6H2,2H3;1,3-4H,5H2,(H,7,8);6*1-2H3;1H2;/q;-1;;;;;;;;;;;;+1/p-1. The van der Waals surface area contributed by atoms with E-state index in [0.717, 1.165) is 4.68 Å². The summed E-state index contributed by atoms with van der Waals surface area (Å²) in [4.78, 5) is 67.5. The van der Waals surface area contributed by atoms with Crippen LogP contribution in [-0.2, 0) is 24.0 Å². The molecule has 6 heterocycles. The number of aromatic nitrogens is 12. The van der Waals surface area contributed by atoms with Gasteiger partial charge in [-0.15, -0.1) is 38.5 Å². The van der Waals surface area contributed by atoms with Gasteiger partial charge >= 0.3 is 58.2 Å². The summed E-state index contributed by atoms with van der Waals surface area (Å²) in [5, 5.41) is 26.0. The van der Waals surface area contributed by atoms with Gasteiger partial charge in [-0.25, -0.2) is 25.4 Å². The van der Waals surface area contributed by atoms with Crippen LogP contribution in [0.25, 0.3) is 0 Å². The molecular formula is C68H101N13O13Rb-. The van der Waals surface area contributed by atoms with Crippen LogP contribution in [0.4, 0.5) is 0 Å². The van der Waals surface area contributed by atoms with Crippen molar-refractivity contribution in [1.29, 1.82) is 0 Å². The Morgan fingerprint density at radius 3 is 1.09 bits per heavy atom. The third-order valence-corrected chi connectivity index (χ3v) is 9.98. The predicted molar refractivity (Wildman–Crippen MR) is 366 cm³/mol. The monoisotopic (exact) mass is 1390 g/mol. The number of amides is 1. The summed E-state index contributed by atoms with van der Waals surface area (Å²) in [6.07, 6.45) is 41.1. The van der Waals surface area contributed by atoms with Crippen LogP contribution in [0, 0.1) is 74.1 Å². The second-order valence-corrected chi connectivity index (χ2v) is 15.8. The Labute approximate surface area is 614 Å². The fraction of sp³-hybridized carbons (Fsp3) is 0.471. The predicted octanol–water partition coefficient (Wildman–Crippen LogP) is 7.47. The molecule has 95 heavy (non-hydrogen) atoms. The number of nitrogens with one attached hydrogen (secondary N) is 1. The normalized spacial score (nSPS) is 9.67. The Bertz CT molecular complexity index is 3080. The molecular weight excluding hydrogens is 1290 g/mol. The van der Waals surface area contributed by atoms with Gasteiger partial charge in [0, 0.05) is 63.7 Å². The van der Waals surface area contributed by atoms with Crippen LogP contribution >= 0.6 is 0 Å². The fourth-order valence-corrected chi connectivity index (χ4v) is 5.64. The minimum absolute atomic E-state index is 0. The van der Waals surface area contributed by atoms with Gasteiger partial charge in [-0.2, -0.15) is 35.3 Å². The van der Waals surface area contributed by atoms with Gasteiger partial charge in [-0.1, -0.05) is 119 Å². The minimum Gasteiger partial charge on any atom is -0.870 e. The number of rotatable bonds is 22. The minimum atomic E-state index is -0.764. The van der Waals surface area contributed by atoms with E-state index in [1.807, 2.05) is 90.0 Å². The fourth-order valence-electron chi connectivity index (χ4n) is 5.64. The zero-order valence-electron chi connectivity index (χ0n) is 59.9. The van der Waals surface area contributed by atoms with E-state index in [2.05, 4.69) is 71.2 Å². The second kappa shape index (κ2) is 69.3. The van der Waals surface area contributed by atoms with E-state index in [0.29, 0.717) is 35.3 Å². The number of aromatic amines is 1. The molecule has 0 bridgehead atoms. The van der Waals surface area contributed by atoms with Crippen LogP contribution in [0.15, 0.2) is 73.6 Å². The first kappa shape index (κ1) is 102. The molecule has 0 aliphatic carbocycles. The maximum atomic E-state index is 11.2. The number of ketones is 3. The van der Waals surface area contributed by atoms with E-state index < -0.39 is 6.04 Å². The first-order valence-corrected chi connectivity index (χ1v) is 30.0. The van der Waals surface area contributed by atoms with Crippen molar-refractivity contribution in [2.45, 2.75) is 169 Å². The summed E-state index contributed by atoms with van der Waals surface area (Å²) in [6, 6.07) is 8.52. The summed E-state index contributed by atoms with van der Waals surface area (Å²) in [5.74, 6) is 16.6. The van der Waals surface area contributed by atoms with E-state index >= 15 is 0 Å². The van der Waals surface area contributed by atoms with Crippen molar-refractivity contribution >= 4 is 35.5 Å². The van der Waals surface area contributed by atoms with E-state index in [-0.39, 0.29) is 157 Å². The zero-order valence-corrected chi connectivity index (χ0v) is 64.8.